The minimum absolute atomic E-state index is 0.212. The number of hydrogen-bond donors (Lipinski definition) is 2. The molecule has 5 nitrogen and oxygen atoms in total. The fraction of sp³-hybridized carbons (Fsp3) is 0.462. The predicted molar refractivity (Wildman–Crippen MR) is 63.0 cm³/mol. The van der Waals surface area contributed by atoms with Crippen LogP contribution in [0.3, 0.4) is 0 Å². The SMILES string of the molecule is COc1cc(C#N)ccc1C1CC(O)C(CO)O1. The van der Waals surface area contributed by atoms with Crippen molar-refractivity contribution in [3.05, 3.63) is 29.3 Å². The molecule has 1 fully saturated rings. The van der Waals surface area contributed by atoms with Gasteiger partial charge in [-0.1, -0.05) is 6.07 Å². The number of hydrogen-bond acceptors (Lipinski definition) is 5. The minimum Gasteiger partial charge on any atom is -0.496 e. The zero-order valence-corrected chi connectivity index (χ0v) is 10.0. The van der Waals surface area contributed by atoms with Crippen molar-refractivity contribution >= 4 is 0 Å². The van der Waals surface area contributed by atoms with Gasteiger partial charge in [0.25, 0.3) is 0 Å². The first-order valence-electron chi connectivity index (χ1n) is 5.72. The van der Waals surface area contributed by atoms with Gasteiger partial charge in [-0.05, 0) is 12.1 Å². The molecule has 1 aliphatic rings. The van der Waals surface area contributed by atoms with Gasteiger partial charge in [-0.2, -0.15) is 5.26 Å². The first-order chi connectivity index (χ1) is 8.69. The highest BCUT2D eigenvalue weighted by Crippen LogP contribution is 2.37. The van der Waals surface area contributed by atoms with E-state index in [1.54, 1.807) is 18.2 Å². The first-order valence-corrected chi connectivity index (χ1v) is 5.72. The molecule has 1 aromatic rings. The van der Waals surface area contributed by atoms with Crippen LogP contribution in [0, 0.1) is 11.3 Å². The summed E-state index contributed by atoms with van der Waals surface area (Å²) in [6.07, 6.45) is -1.15. The van der Waals surface area contributed by atoms with Gasteiger partial charge in [0.05, 0.1) is 37.6 Å². The molecule has 18 heavy (non-hydrogen) atoms. The number of rotatable bonds is 3. The highest BCUT2D eigenvalue weighted by atomic mass is 16.5. The molecule has 0 spiro atoms. The predicted octanol–water partition coefficient (Wildman–Crippen LogP) is 0.750. The molecule has 2 N–H and O–H groups in total. The third kappa shape index (κ3) is 2.31. The topological polar surface area (TPSA) is 82.7 Å². The van der Waals surface area contributed by atoms with Crippen LogP contribution in [-0.4, -0.2) is 36.1 Å². The van der Waals surface area contributed by atoms with Crippen LogP contribution in [0.5, 0.6) is 5.75 Å². The summed E-state index contributed by atoms with van der Waals surface area (Å²) in [6.45, 7) is -0.212. The van der Waals surface area contributed by atoms with E-state index in [9.17, 15) is 5.11 Å². The number of nitrogens with zero attached hydrogens (tertiary/aromatic N) is 1. The summed E-state index contributed by atoms with van der Waals surface area (Å²) in [4.78, 5) is 0. The first kappa shape index (κ1) is 12.8. The smallest absolute Gasteiger partial charge is 0.125 e. The Hall–Kier alpha value is -1.61. The van der Waals surface area contributed by atoms with E-state index in [1.807, 2.05) is 6.07 Å². The third-order valence-electron chi connectivity index (χ3n) is 3.11. The third-order valence-corrected chi connectivity index (χ3v) is 3.11. The Labute approximate surface area is 105 Å². The molecule has 3 unspecified atom stereocenters. The summed E-state index contributed by atoms with van der Waals surface area (Å²) in [6, 6.07) is 7.11. The highest BCUT2D eigenvalue weighted by molar-refractivity contribution is 5.43. The number of nitriles is 1. The lowest BCUT2D eigenvalue weighted by Gasteiger charge is -2.15. The molecule has 0 radical (unpaired) electrons. The van der Waals surface area contributed by atoms with Gasteiger partial charge in [0, 0.05) is 12.0 Å². The number of methoxy groups -OCH3 is 1. The summed E-state index contributed by atoms with van der Waals surface area (Å²) in [7, 11) is 1.52. The lowest BCUT2D eigenvalue weighted by molar-refractivity contribution is -0.0230. The summed E-state index contributed by atoms with van der Waals surface area (Å²) in [5.41, 5.74) is 1.29. The standard InChI is InChI=1S/C13H15NO4/c1-17-11-4-8(6-14)2-3-9(11)12-5-10(16)13(7-15)18-12/h2-4,10,12-13,15-16H,5,7H2,1H3. The molecule has 1 saturated heterocycles. The van der Waals surface area contributed by atoms with E-state index in [1.165, 1.54) is 7.11 Å². The maximum atomic E-state index is 9.71. The molecule has 5 heteroatoms. The second kappa shape index (κ2) is 5.36. The Morgan fingerprint density at radius 3 is 2.89 bits per heavy atom. The van der Waals surface area contributed by atoms with Crippen molar-refractivity contribution in [1.29, 1.82) is 5.26 Å². The van der Waals surface area contributed by atoms with E-state index in [0.717, 1.165) is 5.56 Å². The average Bonchev–Trinajstić information content (AvgIpc) is 2.79. The molecule has 0 aromatic heterocycles. The van der Waals surface area contributed by atoms with Crippen molar-refractivity contribution in [3.8, 4) is 11.8 Å². The maximum Gasteiger partial charge on any atom is 0.125 e. The summed E-state index contributed by atoms with van der Waals surface area (Å²) in [5, 5.41) is 27.6. The molecule has 96 valence electrons. The lowest BCUT2D eigenvalue weighted by Crippen LogP contribution is -2.24. The molecular weight excluding hydrogens is 234 g/mol. The molecule has 0 bridgehead atoms. The summed E-state index contributed by atoms with van der Waals surface area (Å²) in [5.74, 6) is 0.560. The number of benzene rings is 1. The van der Waals surface area contributed by atoms with E-state index in [2.05, 4.69) is 0 Å². The van der Waals surface area contributed by atoms with Gasteiger partial charge < -0.3 is 19.7 Å². The monoisotopic (exact) mass is 249 g/mol. The van der Waals surface area contributed by atoms with Crippen LogP contribution in [0.1, 0.15) is 23.7 Å². The fourth-order valence-corrected chi connectivity index (χ4v) is 2.14. The molecule has 1 aromatic carbocycles. The van der Waals surface area contributed by atoms with Crippen LogP contribution in [0.4, 0.5) is 0 Å². The molecule has 0 saturated carbocycles. The second-order valence-corrected chi connectivity index (χ2v) is 4.22. The molecule has 0 amide bonds. The maximum absolute atomic E-state index is 9.71. The van der Waals surface area contributed by atoms with Crippen LogP contribution in [0.25, 0.3) is 0 Å². The van der Waals surface area contributed by atoms with Crippen molar-refractivity contribution < 1.29 is 19.7 Å². The zero-order chi connectivity index (χ0) is 13.1. The summed E-state index contributed by atoms with van der Waals surface area (Å²) >= 11 is 0. The van der Waals surface area contributed by atoms with E-state index in [4.69, 9.17) is 19.8 Å². The molecule has 1 heterocycles. The number of aliphatic hydroxyl groups excluding tert-OH is 2. The van der Waals surface area contributed by atoms with E-state index in [0.29, 0.717) is 17.7 Å². The zero-order valence-electron chi connectivity index (χ0n) is 10.0. The van der Waals surface area contributed by atoms with Crippen LogP contribution < -0.4 is 4.74 Å². The Morgan fingerprint density at radius 1 is 1.56 bits per heavy atom. The van der Waals surface area contributed by atoms with Crippen LogP contribution in [0.15, 0.2) is 18.2 Å². The number of ether oxygens (including phenoxy) is 2. The number of aliphatic hydroxyl groups is 2. The Bertz CT molecular complexity index is 469. The van der Waals surface area contributed by atoms with Crippen molar-refractivity contribution in [2.45, 2.75) is 24.7 Å². The fourth-order valence-electron chi connectivity index (χ4n) is 2.14. The molecule has 1 aliphatic heterocycles. The average molecular weight is 249 g/mol. The van der Waals surface area contributed by atoms with Crippen molar-refractivity contribution in [3.63, 3.8) is 0 Å². The second-order valence-electron chi connectivity index (χ2n) is 4.22. The lowest BCUT2D eigenvalue weighted by atomic mass is 10.0. The Morgan fingerprint density at radius 2 is 2.33 bits per heavy atom. The van der Waals surface area contributed by atoms with Gasteiger partial charge in [0.15, 0.2) is 0 Å². The van der Waals surface area contributed by atoms with Crippen molar-refractivity contribution in [2.24, 2.45) is 0 Å². The normalized spacial score (nSPS) is 26.9. The van der Waals surface area contributed by atoms with Crippen molar-refractivity contribution in [1.82, 2.24) is 0 Å². The summed E-state index contributed by atoms with van der Waals surface area (Å²) < 4.78 is 10.8. The minimum atomic E-state index is -0.680. The highest BCUT2D eigenvalue weighted by Gasteiger charge is 2.35. The van der Waals surface area contributed by atoms with E-state index < -0.39 is 12.2 Å². The van der Waals surface area contributed by atoms with Crippen LogP contribution in [0.2, 0.25) is 0 Å². The van der Waals surface area contributed by atoms with E-state index >= 15 is 0 Å². The Kier molecular flexibility index (Phi) is 3.82. The van der Waals surface area contributed by atoms with E-state index in [-0.39, 0.29) is 12.7 Å². The van der Waals surface area contributed by atoms with Crippen molar-refractivity contribution in [2.75, 3.05) is 13.7 Å². The van der Waals surface area contributed by atoms with Crippen LogP contribution in [-0.2, 0) is 4.74 Å². The van der Waals surface area contributed by atoms with Gasteiger partial charge in [-0.15, -0.1) is 0 Å². The van der Waals surface area contributed by atoms with Gasteiger partial charge in [-0.3, -0.25) is 0 Å². The van der Waals surface area contributed by atoms with Gasteiger partial charge in [0.1, 0.15) is 11.9 Å². The van der Waals surface area contributed by atoms with Gasteiger partial charge in [-0.25, -0.2) is 0 Å². The molecular formula is C13H15NO4. The Balaban J connectivity index is 2.27. The van der Waals surface area contributed by atoms with Gasteiger partial charge >= 0.3 is 0 Å². The largest absolute Gasteiger partial charge is 0.496 e. The van der Waals surface area contributed by atoms with Gasteiger partial charge in [0.2, 0.25) is 0 Å². The quantitative estimate of drug-likeness (QED) is 0.826. The molecule has 0 aliphatic carbocycles. The van der Waals surface area contributed by atoms with Crippen LogP contribution >= 0.6 is 0 Å². The molecule has 3 atom stereocenters. The molecule has 2 rings (SSSR count).